The average molecular weight is 253 g/mol. The highest BCUT2D eigenvalue weighted by Gasteiger charge is 2.03. The van der Waals surface area contributed by atoms with E-state index in [9.17, 15) is 4.39 Å². The van der Waals surface area contributed by atoms with Crippen LogP contribution in [0.3, 0.4) is 0 Å². The van der Waals surface area contributed by atoms with Crippen molar-refractivity contribution in [2.75, 3.05) is 0 Å². The van der Waals surface area contributed by atoms with Crippen LogP contribution in [0.4, 0.5) is 4.39 Å². The lowest BCUT2D eigenvalue weighted by molar-refractivity contribution is 0.282. The van der Waals surface area contributed by atoms with Crippen LogP contribution in [-0.4, -0.2) is 5.11 Å². The van der Waals surface area contributed by atoms with E-state index in [4.69, 9.17) is 21.4 Å². The van der Waals surface area contributed by atoms with Crippen LogP contribution in [-0.2, 0) is 6.61 Å². The van der Waals surface area contributed by atoms with Gasteiger partial charge in [-0.25, -0.2) is 4.39 Å². The summed E-state index contributed by atoms with van der Waals surface area (Å²) in [5.41, 5.74) is 0.637. The third-order valence-electron chi connectivity index (χ3n) is 2.24. The Morgan fingerprint density at radius 1 is 1.06 bits per heavy atom. The SMILES string of the molecule is OCc1ccc(Oc2ccc(F)cc2)cc1Cl. The highest BCUT2D eigenvalue weighted by molar-refractivity contribution is 6.31. The Bertz CT molecular complexity index is 511. The van der Waals surface area contributed by atoms with Crippen LogP contribution in [0.25, 0.3) is 0 Å². The van der Waals surface area contributed by atoms with Gasteiger partial charge >= 0.3 is 0 Å². The highest BCUT2D eigenvalue weighted by Crippen LogP contribution is 2.26. The topological polar surface area (TPSA) is 29.5 Å². The van der Waals surface area contributed by atoms with Crippen molar-refractivity contribution >= 4 is 11.6 Å². The van der Waals surface area contributed by atoms with Crippen molar-refractivity contribution < 1.29 is 14.2 Å². The van der Waals surface area contributed by atoms with E-state index in [0.717, 1.165) is 0 Å². The van der Waals surface area contributed by atoms with Gasteiger partial charge in [0.2, 0.25) is 0 Å². The van der Waals surface area contributed by atoms with Gasteiger partial charge in [-0.05, 0) is 42.0 Å². The van der Waals surface area contributed by atoms with Gasteiger partial charge in [0.15, 0.2) is 0 Å². The van der Waals surface area contributed by atoms with E-state index in [-0.39, 0.29) is 12.4 Å². The molecule has 0 bridgehead atoms. The lowest BCUT2D eigenvalue weighted by Gasteiger charge is -2.07. The molecular weight excluding hydrogens is 243 g/mol. The zero-order valence-corrected chi connectivity index (χ0v) is 9.62. The van der Waals surface area contributed by atoms with Crippen molar-refractivity contribution in [2.45, 2.75) is 6.61 Å². The van der Waals surface area contributed by atoms with Crippen molar-refractivity contribution in [1.29, 1.82) is 0 Å². The molecule has 0 amide bonds. The molecule has 2 nitrogen and oxygen atoms in total. The van der Waals surface area contributed by atoms with E-state index in [1.54, 1.807) is 18.2 Å². The Labute approximate surface area is 103 Å². The molecule has 0 aliphatic rings. The van der Waals surface area contributed by atoms with Gasteiger partial charge in [-0.3, -0.25) is 0 Å². The van der Waals surface area contributed by atoms with E-state index in [1.165, 1.54) is 24.3 Å². The minimum absolute atomic E-state index is 0.115. The Kier molecular flexibility index (Phi) is 3.61. The second-order valence-corrected chi connectivity index (χ2v) is 3.87. The summed E-state index contributed by atoms with van der Waals surface area (Å²) in [4.78, 5) is 0. The number of halogens is 2. The Morgan fingerprint density at radius 3 is 2.29 bits per heavy atom. The Morgan fingerprint density at radius 2 is 1.71 bits per heavy atom. The van der Waals surface area contributed by atoms with Crippen molar-refractivity contribution in [1.82, 2.24) is 0 Å². The molecule has 2 rings (SSSR count). The quantitative estimate of drug-likeness (QED) is 0.901. The lowest BCUT2D eigenvalue weighted by atomic mass is 10.2. The molecule has 0 radical (unpaired) electrons. The van der Waals surface area contributed by atoms with Crippen LogP contribution >= 0.6 is 11.6 Å². The van der Waals surface area contributed by atoms with Gasteiger partial charge in [0.25, 0.3) is 0 Å². The molecule has 1 N–H and O–H groups in total. The van der Waals surface area contributed by atoms with Gasteiger partial charge in [-0.15, -0.1) is 0 Å². The number of benzene rings is 2. The van der Waals surface area contributed by atoms with Crippen LogP contribution < -0.4 is 4.74 Å². The van der Waals surface area contributed by atoms with Gasteiger partial charge in [0.05, 0.1) is 6.61 Å². The summed E-state index contributed by atoms with van der Waals surface area (Å²) < 4.78 is 18.2. The molecule has 2 aromatic carbocycles. The standard InChI is InChI=1S/C13H10ClFO2/c14-13-7-12(4-1-9(13)8-16)17-11-5-2-10(15)3-6-11/h1-7,16H,8H2. The first kappa shape index (κ1) is 11.9. The van der Waals surface area contributed by atoms with Crippen LogP contribution in [0.5, 0.6) is 11.5 Å². The van der Waals surface area contributed by atoms with Gasteiger partial charge in [-0.1, -0.05) is 17.7 Å². The predicted octanol–water partition coefficient (Wildman–Crippen LogP) is 3.76. The van der Waals surface area contributed by atoms with Crippen LogP contribution in [0.1, 0.15) is 5.56 Å². The minimum Gasteiger partial charge on any atom is -0.457 e. The first-order valence-corrected chi connectivity index (χ1v) is 5.39. The first-order valence-electron chi connectivity index (χ1n) is 5.02. The number of rotatable bonds is 3. The molecule has 0 aliphatic carbocycles. The predicted molar refractivity (Wildman–Crippen MR) is 63.8 cm³/mol. The summed E-state index contributed by atoms with van der Waals surface area (Å²) in [5, 5.41) is 9.40. The molecule has 0 aromatic heterocycles. The van der Waals surface area contributed by atoms with E-state index in [1.807, 2.05) is 0 Å². The summed E-state index contributed by atoms with van der Waals surface area (Å²) in [5.74, 6) is 0.754. The van der Waals surface area contributed by atoms with Crippen LogP contribution in [0.2, 0.25) is 5.02 Å². The average Bonchev–Trinajstić information content (AvgIpc) is 2.32. The van der Waals surface area contributed by atoms with Gasteiger partial charge < -0.3 is 9.84 Å². The van der Waals surface area contributed by atoms with Crippen LogP contribution in [0, 0.1) is 5.82 Å². The van der Waals surface area contributed by atoms with Crippen molar-refractivity contribution in [3.05, 3.63) is 58.9 Å². The molecule has 0 aliphatic heterocycles. The van der Waals surface area contributed by atoms with Gasteiger partial charge in [-0.2, -0.15) is 0 Å². The number of aliphatic hydroxyl groups excluding tert-OH is 1. The first-order chi connectivity index (χ1) is 8.19. The van der Waals surface area contributed by atoms with Crippen LogP contribution in [0.15, 0.2) is 42.5 Å². The maximum absolute atomic E-state index is 12.7. The third-order valence-corrected chi connectivity index (χ3v) is 2.60. The monoisotopic (exact) mass is 252 g/mol. The fourth-order valence-corrected chi connectivity index (χ4v) is 1.59. The van der Waals surface area contributed by atoms with Gasteiger partial charge in [0, 0.05) is 5.02 Å². The summed E-state index contributed by atoms with van der Waals surface area (Å²) in [6.45, 7) is -0.115. The normalized spacial score (nSPS) is 10.3. The molecule has 0 atom stereocenters. The van der Waals surface area contributed by atoms with E-state index in [2.05, 4.69) is 0 Å². The summed E-state index contributed by atoms with van der Waals surface area (Å²) in [6.07, 6.45) is 0. The van der Waals surface area contributed by atoms with Crippen molar-refractivity contribution in [2.24, 2.45) is 0 Å². The molecule has 0 saturated heterocycles. The van der Waals surface area contributed by atoms with E-state index >= 15 is 0 Å². The smallest absolute Gasteiger partial charge is 0.128 e. The lowest BCUT2D eigenvalue weighted by Crippen LogP contribution is -1.88. The van der Waals surface area contributed by atoms with Gasteiger partial charge in [0.1, 0.15) is 17.3 Å². The number of aliphatic hydroxyl groups is 1. The largest absolute Gasteiger partial charge is 0.457 e. The number of ether oxygens (including phenoxy) is 1. The molecule has 0 heterocycles. The highest BCUT2D eigenvalue weighted by atomic mass is 35.5. The fraction of sp³-hybridized carbons (Fsp3) is 0.0769. The molecule has 17 heavy (non-hydrogen) atoms. The maximum atomic E-state index is 12.7. The molecule has 0 spiro atoms. The molecular formula is C13H10ClFO2. The zero-order valence-electron chi connectivity index (χ0n) is 8.86. The van der Waals surface area contributed by atoms with E-state index < -0.39 is 0 Å². The van der Waals surface area contributed by atoms with E-state index in [0.29, 0.717) is 22.1 Å². The summed E-state index contributed by atoms with van der Waals surface area (Å²) in [6, 6.07) is 10.7. The minimum atomic E-state index is -0.314. The zero-order chi connectivity index (χ0) is 12.3. The molecule has 0 fully saturated rings. The fourth-order valence-electron chi connectivity index (χ4n) is 1.36. The summed E-state index contributed by atoms with van der Waals surface area (Å²) >= 11 is 5.92. The molecule has 2 aromatic rings. The van der Waals surface area contributed by atoms with Crippen molar-refractivity contribution in [3.8, 4) is 11.5 Å². The molecule has 0 unspecified atom stereocenters. The van der Waals surface area contributed by atoms with Crippen molar-refractivity contribution in [3.63, 3.8) is 0 Å². The molecule has 88 valence electrons. The second-order valence-electron chi connectivity index (χ2n) is 3.47. The number of hydrogen-bond acceptors (Lipinski definition) is 2. The number of hydrogen-bond donors (Lipinski definition) is 1. The molecule has 0 saturated carbocycles. The summed E-state index contributed by atoms with van der Waals surface area (Å²) in [7, 11) is 0. The maximum Gasteiger partial charge on any atom is 0.128 e. The Hall–Kier alpha value is -1.58. The second kappa shape index (κ2) is 5.17. The Balaban J connectivity index is 2.19. The third kappa shape index (κ3) is 2.96. The molecule has 4 heteroatoms.